The van der Waals surface area contributed by atoms with Crippen molar-refractivity contribution in [2.75, 3.05) is 19.6 Å². The number of carbonyl (C=O) groups is 1. The Hall–Kier alpha value is -1.85. The molecule has 1 atom stereocenters. The van der Waals surface area contributed by atoms with Gasteiger partial charge in [0.25, 0.3) is 0 Å². The summed E-state index contributed by atoms with van der Waals surface area (Å²) in [6.07, 6.45) is 5.37. The topological polar surface area (TPSA) is 88.1 Å². The van der Waals surface area contributed by atoms with Gasteiger partial charge >= 0.3 is 0 Å². The molecule has 0 spiro atoms. The standard InChI is InChI=1S/C18H28N4O/c1-2-3-10-22(11-6-9-19)18(23)16(20)12-14-13-21-17-8-5-4-7-15(14)17/h4-5,7-8,13,16,21H,2-3,6,9-12,19-20H2,1H3/t16-/m0/s1. The summed E-state index contributed by atoms with van der Waals surface area (Å²) in [7, 11) is 0. The van der Waals surface area contributed by atoms with Crippen LogP contribution in [0.4, 0.5) is 0 Å². The molecule has 5 N–H and O–H groups in total. The lowest BCUT2D eigenvalue weighted by molar-refractivity contribution is -0.132. The second-order valence-corrected chi connectivity index (χ2v) is 5.99. The Morgan fingerprint density at radius 2 is 2.00 bits per heavy atom. The number of carbonyl (C=O) groups excluding carboxylic acids is 1. The molecule has 0 saturated carbocycles. The van der Waals surface area contributed by atoms with Crippen molar-refractivity contribution in [1.29, 1.82) is 0 Å². The minimum absolute atomic E-state index is 0.0252. The van der Waals surface area contributed by atoms with Crippen LogP contribution in [0.25, 0.3) is 10.9 Å². The number of hydrogen-bond donors (Lipinski definition) is 3. The molecule has 0 saturated heterocycles. The number of unbranched alkanes of at least 4 members (excludes halogenated alkanes) is 1. The zero-order valence-electron chi connectivity index (χ0n) is 13.9. The highest BCUT2D eigenvalue weighted by Gasteiger charge is 2.21. The molecular weight excluding hydrogens is 288 g/mol. The number of aromatic amines is 1. The molecule has 2 aromatic rings. The second kappa shape index (κ2) is 8.70. The van der Waals surface area contributed by atoms with Crippen LogP contribution in [0.3, 0.4) is 0 Å². The Morgan fingerprint density at radius 1 is 1.26 bits per heavy atom. The fraction of sp³-hybridized carbons (Fsp3) is 0.500. The summed E-state index contributed by atoms with van der Waals surface area (Å²) in [6, 6.07) is 7.57. The lowest BCUT2D eigenvalue weighted by Gasteiger charge is -2.25. The monoisotopic (exact) mass is 316 g/mol. The smallest absolute Gasteiger partial charge is 0.239 e. The molecule has 0 fully saturated rings. The van der Waals surface area contributed by atoms with Crippen LogP contribution < -0.4 is 11.5 Å². The van der Waals surface area contributed by atoms with Crippen LogP contribution in [-0.2, 0) is 11.2 Å². The van der Waals surface area contributed by atoms with E-state index < -0.39 is 6.04 Å². The molecular formula is C18H28N4O. The van der Waals surface area contributed by atoms with Crippen molar-refractivity contribution in [3.63, 3.8) is 0 Å². The molecule has 126 valence electrons. The third kappa shape index (κ3) is 4.56. The summed E-state index contributed by atoms with van der Waals surface area (Å²) >= 11 is 0. The van der Waals surface area contributed by atoms with Crippen molar-refractivity contribution < 1.29 is 4.79 Å². The van der Waals surface area contributed by atoms with Gasteiger partial charge in [-0.15, -0.1) is 0 Å². The van der Waals surface area contributed by atoms with E-state index in [9.17, 15) is 4.79 Å². The van der Waals surface area contributed by atoms with Gasteiger partial charge in [-0.3, -0.25) is 4.79 Å². The highest BCUT2D eigenvalue weighted by atomic mass is 16.2. The average Bonchev–Trinajstić information content (AvgIpc) is 2.97. The zero-order valence-corrected chi connectivity index (χ0v) is 13.9. The van der Waals surface area contributed by atoms with Gasteiger partial charge in [0.05, 0.1) is 6.04 Å². The molecule has 2 rings (SSSR count). The van der Waals surface area contributed by atoms with E-state index in [4.69, 9.17) is 11.5 Å². The number of nitrogens with two attached hydrogens (primary N) is 2. The lowest BCUT2D eigenvalue weighted by atomic mass is 10.0. The van der Waals surface area contributed by atoms with Gasteiger partial charge < -0.3 is 21.4 Å². The lowest BCUT2D eigenvalue weighted by Crippen LogP contribution is -2.46. The van der Waals surface area contributed by atoms with Gasteiger partial charge in [0.1, 0.15) is 0 Å². The van der Waals surface area contributed by atoms with Crippen LogP contribution in [0, 0.1) is 0 Å². The number of nitrogens with zero attached hydrogens (tertiary/aromatic N) is 1. The minimum atomic E-state index is -0.510. The van der Waals surface area contributed by atoms with Crippen molar-refractivity contribution in [3.05, 3.63) is 36.0 Å². The van der Waals surface area contributed by atoms with Crippen LogP contribution in [0.15, 0.2) is 30.5 Å². The van der Waals surface area contributed by atoms with Gasteiger partial charge in [-0.05, 0) is 37.4 Å². The number of benzene rings is 1. The molecule has 1 amide bonds. The fourth-order valence-corrected chi connectivity index (χ4v) is 2.82. The van der Waals surface area contributed by atoms with E-state index in [1.165, 1.54) is 0 Å². The summed E-state index contributed by atoms with van der Waals surface area (Å²) < 4.78 is 0. The molecule has 5 nitrogen and oxygen atoms in total. The maximum atomic E-state index is 12.7. The second-order valence-electron chi connectivity index (χ2n) is 5.99. The fourth-order valence-electron chi connectivity index (χ4n) is 2.82. The number of aromatic nitrogens is 1. The highest BCUT2D eigenvalue weighted by Crippen LogP contribution is 2.19. The van der Waals surface area contributed by atoms with Gasteiger partial charge in [0.2, 0.25) is 5.91 Å². The molecule has 1 aromatic heterocycles. The van der Waals surface area contributed by atoms with Crippen LogP contribution in [0.5, 0.6) is 0 Å². The first kappa shape index (κ1) is 17.5. The van der Waals surface area contributed by atoms with Crippen molar-refractivity contribution >= 4 is 16.8 Å². The molecule has 1 aromatic carbocycles. The van der Waals surface area contributed by atoms with Gasteiger partial charge in [-0.25, -0.2) is 0 Å². The van der Waals surface area contributed by atoms with E-state index in [2.05, 4.69) is 18.0 Å². The number of para-hydroxylation sites is 1. The summed E-state index contributed by atoms with van der Waals surface area (Å²) in [5.74, 6) is 0.0252. The summed E-state index contributed by atoms with van der Waals surface area (Å²) in [4.78, 5) is 17.8. The van der Waals surface area contributed by atoms with Crippen molar-refractivity contribution in [2.24, 2.45) is 11.5 Å². The van der Waals surface area contributed by atoms with E-state index >= 15 is 0 Å². The molecule has 0 unspecified atom stereocenters. The quantitative estimate of drug-likeness (QED) is 0.661. The molecule has 0 radical (unpaired) electrons. The predicted molar refractivity (Wildman–Crippen MR) is 95.1 cm³/mol. The molecule has 0 aliphatic rings. The van der Waals surface area contributed by atoms with Gasteiger partial charge in [-0.2, -0.15) is 0 Å². The summed E-state index contributed by atoms with van der Waals surface area (Å²) in [5.41, 5.74) is 14.0. The Labute approximate surface area is 138 Å². The molecule has 23 heavy (non-hydrogen) atoms. The number of rotatable bonds is 9. The van der Waals surface area contributed by atoms with Crippen LogP contribution >= 0.6 is 0 Å². The number of fused-ring (bicyclic) bond motifs is 1. The molecule has 0 bridgehead atoms. The summed E-state index contributed by atoms with van der Waals surface area (Å²) in [6.45, 7) is 4.17. The van der Waals surface area contributed by atoms with Gasteiger partial charge in [0, 0.05) is 30.2 Å². The minimum Gasteiger partial charge on any atom is -0.361 e. The van der Waals surface area contributed by atoms with E-state index in [0.717, 1.165) is 42.3 Å². The van der Waals surface area contributed by atoms with Crippen LogP contribution in [0.1, 0.15) is 31.7 Å². The van der Waals surface area contributed by atoms with Gasteiger partial charge in [-0.1, -0.05) is 31.5 Å². The highest BCUT2D eigenvalue weighted by molar-refractivity contribution is 5.86. The Balaban J connectivity index is 2.04. The van der Waals surface area contributed by atoms with E-state index in [0.29, 0.717) is 19.5 Å². The SMILES string of the molecule is CCCCN(CCCN)C(=O)[C@@H](N)Cc1c[nH]c2ccccc12. The Kier molecular flexibility index (Phi) is 6.62. The summed E-state index contributed by atoms with van der Waals surface area (Å²) in [5, 5.41) is 1.14. The maximum Gasteiger partial charge on any atom is 0.239 e. The maximum absolute atomic E-state index is 12.7. The zero-order chi connectivity index (χ0) is 16.7. The first-order chi connectivity index (χ1) is 11.2. The number of nitrogens with one attached hydrogen (secondary N) is 1. The first-order valence-corrected chi connectivity index (χ1v) is 8.46. The van der Waals surface area contributed by atoms with E-state index in [1.807, 2.05) is 29.3 Å². The number of H-pyrrole nitrogens is 1. The van der Waals surface area contributed by atoms with Crippen molar-refractivity contribution in [3.8, 4) is 0 Å². The van der Waals surface area contributed by atoms with Crippen LogP contribution in [0.2, 0.25) is 0 Å². The van der Waals surface area contributed by atoms with Crippen molar-refractivity contribution in [1.82, 2.24) is 9.88 Å². The van der Waals surface area contributed by atoms with Gasteiger partial charge in [0.15, 0.2) is 0 Å². The normalized spacial score (nSPS) is 12.5. The third-order valence-corrected chi connectivity index (χ3v) is 4.16. The third-order valence-electron chi connectivity index (χ3n) is 4.16. The molecule has 5 heteroatoms. The Bertz CT molecular complexity index is 614. The first-order valence-electron chi connectivity index (χ1n) is 8.46. The van der Waals surface area contributed by atoms with Crippen molar-refractivity contribution in [2.45, 2.75) is 38.6 Å². The average molecular weight is 316 g/mol. The number of hydrogen-bond acceptors (Lipinski definition) is 3. The molecule has 0 aliphatic heterocycles. The van der Waals surface area contributed by atoms with E-state index in [1.54, 1.807) is 0 Å². The predicted octanol–water partition coefficient (Wildman–Crippen LogP) is 2.02. The van der Waals surface area contributed by atoms with E-state index in [-0.39, 0.29) is 5.91 Å². The largest absolute Gasteiger partial charge is 0.361 e. The Morgan fingerprint density at radius 3 is 2.74 bits per heavy atom. The van der Waals surface area contributed by atoms with Crippen LogP contribution in [-0.4, -0.2) is 41.5 Å². The molecule has 0 aliphatic carbocycles. The number of amides is 1. The molecule has 1 heterocycles.